The molecule has 0 N–H and O–H groups in total. The largest absolute Gasteiger partial charge is 0.467 e. The predicted octanol–water partition coefficient (Wildman–Crippen LogP) is 4.89. The van der Waals surface area contributed by atoms with Crippen LogP contribution in [-0.2, 0) is 0 Å². The highest BCUT2D eigenvalue weighted by molar-refractivity contribution is 6.05. The van der Waals surface area contributed by atoms with E-state index in [-0.39, 0.29) is 11.9 Å². The molecule has 0 unspecified atom stereocenters. The highest BCUT2D eigenvalue weighted by Crippen LogP contribution is 2.34. The lowest BCUT2D eigenvalue weighted by atomic mass is 10.0. The topological polar surface area (TPSA) is 45.8 Å². The van der Waals surface area contributed by atoms with Crippen LogP contribution in [0.15, 0.2) is 76.4 Å². The van der Waals surface area contributed by atoms with Crippen LogP contribution in [0.5, 0.6) is 0 Å². The van der Waals surface area contributed by atoms with Gasteiger partial charge in [-0.15, -0.1) is 0 Å². The first-order valence-corrected chi connectivity index (χ1v) is 8.70. The molecule has 2 aromatic carbocycles. The minimum atomic E-state index is -0.227. The van der Waals surface area contributed by atoms with Crippen LogP contribution in [0.3, 0.4) is 0 Å². The lowest BCUT2D eigenvalue weighted by Gasteiger charge is -2.20. The van der Waals surface area contributed by atoms with Gasteiger partial charge >= 0.3 is 0 Å². The molecule has 0 fully saturated rings. The maximum atomic E-state index is 13.1. The maximum Gasteiger partial charge on any atom is 0.274 e. The van der Waals surface area contributed by atoms with Crippen LogP contribution in [0, 0.1) is 13.8 Å². The summed E-state index contributed by atoms with van der Waals surface area (Å²) in [5.41, 5.74) is 4.87. The van der Waals surface area contributed by atoms with Crippen molar-refractivity contribution in [1.82, 2.24) is 5.01 Å². The van der Waals surface area contributed by atoms with Crippen LogP contribution < -0.4 is 0 Å². The summed E-state index contributed by atoms with van der Waals surface area (Å²) in [5, 5.41) is 6.22. The molecule has 4 rings (SSSR count). The average molecular weight is 344 g/mol. The summed E-state index contributed by atoms with van der Waals surface area (Å²) in [6.45, 7) is 4.06. The minimum absolute atomic E-state index is 0.117. The van der Waals surface area contributed by atoms with Crippen LogP contribution in [0.2, 0.25) is 0 Å². The minimum Gasteiger partial charge on any atom is -0.467 e. The molecule has 4 heteroatoms. The number of hydrogen-bond donors (Lipinski definition) is 0. The van der Waals surface area contributed by atoms with Gasteiger partial charge < -0.3 is 4.42 Å². The van der Waals surface area contributed by atoms with Crippen LogP contribution in [0.1, 0.15) is 45.3 Å². The average Bonchev–Trinajstić information content (AvgIpc) is 3.32. The molecule has 1 amide bonds. The molecule has 0 spiro atoms. The molecule has 3 aromatic rings. The second-order valence-electron chi connectivity index (χ2n) is 6.66. The Hall–Kier alpha value is -3.14. The third kappa shape index (κ3) is 3.06. The van der Waals surface area contributed by atoms with E-state index in [2.05, 4.69) is 24.2 Å². The van der Waals surface area contributed by atoms with Gasteiger partial charge in [-0.05, 0) is 43.7 Å². The van der Waals surface area contributed by atoms with E-state index in [0.717, 1.165) is 22.6 Å². The molecule has 130 valence electrons. The zero-order valence-corrected chi connectivity index (χ0v) is 14.8. The summed E-state index contributed by atoms with van der Waals surface area (Å²) in [4.78, 5) is 13.1. The fraction of sp³-hybridized carbons (Fsp3) is 0.182. The summed E-state index contributed by atoms with van der Waals surface area (Å²) in [5.74, 6) is 0.629. The highest BCUT2D eigenvalue weighted by Gasteiger charge is 2.35. The fourth-order valence-corrected chi connectivity index (χ4v) is 3.15. The molecular weight excluding hydrogens is 324 g/mol. The van der Waals surface area contributed by atoms with Gasteiger partial charge in [-0.25, -0.2) is 5.01 Å². The Morgan fingerprint density at radius 1 is 1.00 bits per heavy atom. The Kier molecular flexibility index (Phi) is 4.17. The summed E-state index contributed by atoms with van der Waals surface area (Å²) < 4.78 is 5.59. The Morgan fingerprint density at radius 2 is 1.65 bits per heavy atom. The number of carbonyl (C=O) groups is 1. The molecule has 2 heterocycles. The SMILES string of the molecule is Cc1ccc(C(=O)N2N=C(c3ccc(C)cc3)C[C@@H]2c2ccco2)cc1. The highest BCUT2D eigenvalue weighted by atomic mass is 16.3. The van der Waals surface area contributed by atoms with Crippen molar-refractivity contribution in [3.8, 4) is 0 Å². The van der Waals surface area contributed by atoms with Crippen molar-refractivity contribution in [1.29, 1.82) is 0 Å². The monoisotopic (exact) mass is 344 g/mol. The lowest BCUT2D eigenvalue weighted by Crippen LogP contribution is -2.26. The van der Waals surface area contributed by atoms with Gasteiger partial charge in [0.05, 0.1) is 12.0 Å². The van der Waals surface area contributed by atoms with E-state index in [9.17, 15) is 4.79 Å². The van der Waals surface area contributed by atoms with Gasteiger partial charge in [0.15, 0.2) is 0 Å². The number of aryl methyl sites for hydroxylation is 2. The van der Waals surface area contributed by atoms with Gasteiger partial charge in [0.25, 0.3) is 5.91 Å². The van der Waals surface area contributed by atoms with Crippen molar-refractivity contribution >= 4 is 11.6 Å². The van der Waals surface area contributed by atoms with Crippen molar-refractivity contribution in [2.45, 2.75) is 26.3 Å². The van der Waals surface area contributed by atoms with Crippen molar-refractivity contribution in [2.75, 3.05) is 0 Å². The molecule has 0 saturated heterocycles. The molecule has 0 bridgehead atoms. The number of amides is 1. The molecule has 0 radical (unpaired) electrons. The van der Waals surface area contributed by atoms with E-state index in [1.165, 1.54) is 5.56 Å². The number of hydrazone groups is 1. The third-order valence-corrected chi connectivity index (χ3v) is 4.67. The number of hydrogen-bond acceptors (Lipinski definition) is 3. The number of benzene rings is 2. The third-order valence-electron chi connectivity index (χ3n) is 4.67. The second kappa shape index (κ2) is 6.64. The maximum absolute atomic E-state index is 13.1. The first-order valence-electron chi connectivity index (χ1n) is 8.70. The molecule has 4 nitrogen and oxygen atoms in total. The van der Waals surface area contributed by atoms with E-state index < -0.39 is 0 Å². The molecule has 1 atom stereocenters. The standard InChI is InChI=1S/C22H20N2O2/c1-15-5-9-17(10-6-15)19-14-20(21-4-3-13-26-21)24(23-19)22(25)18-11-7-16(2)8-12-18/h3-13,20H,14H2,1-2H3/t20-/m1/s1. The Labute approximate surface area is 152 Å². The number of carbonyl (C=O) groups excluding carboxylic acids is 1. The van der Waals surface area contributed by atoms with E-state index in [0.29, 0.717) is 12.0 Å². The van der Waals surface area contributed by atoms with Crippen molar-refractivity contribution in [3.05, 3.63) is 94.9 Å². The van der Waals surface area contributed by atoms with E-state index in [1.807, 2.05) is 55.5 Å². The van der Waals surface area contributed by atoms with Gasteiger partial charge in [0.1, 0.15) is 11.8 Å². The van der Waals surface area contributed by atoms with Crippen molar-refractivity contribution < 1.29 is 9.21 Å². The first-order chi connectivity index (χ1) is 12.6. The molecule has 1 aromatic heterocycles. The quantitative estimate of drug-likeness (QED) is 0.679. The number of furan rings is 1. The summed E-state index contributed by atoms with van der Waals surface area (Å²) >= 11 is 0. The second-order valence-corrected chi connectivity index (χ2v) is 6.66. The molecular formula is C22H20N2O2. The summed E-state index contributed by atoms with van der Waals surface area (Å²) in [6.07, 6.45) is 2.27. The molecule has 26 heavy (non-hydrogen) atoms. The Balaban J connectivity index is 1.70. The van der Waals surface area contributed by atoms with Gasteiger partial charge in [0, 0.05) is 12.0 Å². The van der Waals surface area contributed by atoms with Crippen LogP contribution >= 0.6 is 0 Å². The van der Waals surface area contributed by atoms with Gasteiger partial charge in [-0.2, -0.15) is 5.10 Å². The van der Waals surface area contributed by atoms with Crippen LogP contribution in [-0.4, -0.2) is 16.6 Å². The zero-order chi connectivity index (χ0) is 18.1. The van der Waals surface area contributed by atoms with Crippen LogP contribution in [0.25, 0.3) is 0 Å². The molecule has 0 saturated carbocycles. The van der Waals surface area contributed by atoms with Crippen molar-refractivity contribution in [3.63, 3.8) is 0 Å². The Morgan fingerprint density at radius 3 is 2.27 bits per heavy atom. The number of rotatable bonds is 3. The van der Waals surface area contributed by atoms with Crippen molar-refractivity contribution in [2.24, 2.45) is 5.10 Å². The molecule has 0 aliphatic carbocycles. The van der Waals surface area contributed by atoms with E-state index >= 15 is 0 Å². The Bertz CT molecular complexity index is 939. The zero-order valence-electron chi connectivity index (χ0n) is 14.8. The fourth-order valence-electron chi connectivity index (χ4n) is 3.15. The van der Waals surface area contributed by atoms with E-state index in [1.54, 1.807) is 11.3 Å². The van der Waals surface area contributed by atoms with Crippen LogP contribution in [0.4, 0.5) is 0 Å². The first kappa shape index (κ1) is 16.3. The smallest absolute Gasteiger partial charge is 0.274 e. The molecule has 1 aliphatic heterocycles. The lowest BCUT2D eigenvalue weighted by molar-refractivity contribution is 0.0693. The van der Waals surface area contributed by atoms with Gasteiger partial charge in [-0.1, -0.05) is 47.5 Å². The predicted molar refractivity (Wildman–Crippen MR) is 101 cm³/mol. The summed E-state index contributed by atoms with van der Waals surface area (Å²) in [7, 11) is 0. The van der Waals surface area contributed by atoms with Gasteiger partial charge in [-0.3, -0.25) is 4.79 Å². The normalized spacial score (nSPS) is 16.6. The number of nitrogens with zero attached hydrogens (tertiary/aromatic N) is 2. The van der Waals surface area contributed by atoms with Gasteiger partial charge in [0.2, 0.25) is 0 Å². The van der Waals surface area contributed by atoms with E-state index in [4.69, 9.17) is 4.42 Å². The molecule has 1 aliphatic rings. The summed E-state index contributed by atoms with van der Waals surface area (Å²) in [6, 6.07) is 19.3.